The third kappa shape index (κ3) is 39.5. The van der Waals surface area contributed by atoms with Gasteiger partial charge in [0.1, 0.15) is 0 Å². The van der Waals surface area contributed by atoms with Gasteiger partial charge < -0.3 is 46.6 Å². The summed E-state index contributed by atoms with van der Waals surface area (Å²) in [7, 11) is 12.3. The summed E-state index contributed by atoms with van der Waals surface area (Å²) in [4.78, 5) is 72.5. The molecule has 6 N–H and O–H groups in total. The van der Waals surface area contributed by atoms with Crippen LogP contribution in [0, 0.1) is 47.3 Å². The summed E-state index contributed by atoms with van der Waals surface area (Å²) in [6.07, 6.45) is 12.0. The van der Waals surface area contributed by atoms with Crippen molar-refractivity contribution in [2.24, 2.45) is 47.3 Å². The molecule has 0 aliphatic carbocycles. The molecule has 0 radical (unpaired) electrons. The SMILES string of the molecule is CC(C)Cc1cccc(-c2cccc(C(=O)NCC3CCCN3)c2)c1.CC(C)Cc1cccc(-c2cccc(C(=O)N[C@@H](CC(C)C)CN(C)C)c2)c1.CC(C)Cc1cccc(-c2cccc(C(=O)N[C@H](CC(C)C)CN(C)C)c2)c1.CC(C)Cc1cccc(-c2cccc(C(=O)N[C@H](CN(C)C)C(C)C)c2)c1.CCN1CCCC1CNC(=O)c1cccc(-c2cccc(CC(C)C)c2)c1. The molecular formula is C120H166N10O5. The van der Waals surface area contributed by atoms with Gasteiger partial charge in [0.15, 0.2) is 0 Å². The van der Waals surface area contributed by atoms with Crippen LogP contribution in [-0.4, -0.2) is 174 Å². The van der Waals surface area contributed by atoms with Crippen molar-refractivity contribution in [1.29, 1.82) is 0 Å². The Morgan fingerprint density at radius 1 is 0.326 bits per heavy atom. The highest BCUT2D eigenvalue weighted by Gasteiger charge is 2.26. The number of carbonyl (C=O) groups excluding carboxylic acids is 5. The molecular weight excluding hydrogens is 1660 g/mol. The van der Waals surface area contributed by atoms with Crippen molar-refractivity contribution in [2.45, 2.75) is 219 Å². The molecule has 0 spiro atoms. The first-order chi connectivity index (χ1) is 64.4. The number of rotatable bonds is 39. The van der Waals surface area contributed by atoms with Crippen LogP contribution in [0.2, 0.25) is 0 Å². The minimum atomic E-state index is -0.00395. The van der Waals surface area contributed by atoms with Gasteiger partial charge >= 0.3 is 0 Å². The monoisotopic (exact) mass is 1830 g/mol. The lowest BCUT2D eigenvalue weighted by Crippen LogP contribution is -2.45. The van der Waals surface area contributed by atoms with Crippen LogP contribution in [0.5, 0.6) is 0 Å². The standard InChI is InChI=1S/2C25H36N2O.C24H32N2O.C24H34N2O.C22H28N2O/c2*1-18(2)13-20-9-7-10-21(15-20)22-11-8-12-23(16-22)25(28)26-24(14-19(3)4)17-27(5)6;1-4-26-13-7-12-23(26)17-25-24(27)22-11-6-10-21(16-22)20-9-5-8-19(15-20)14-18(2)3;1-17(2)13-19-9-7-10-20(14-19)21-11-8-12-22(15-21)24(27)25-23(18(3)4)16-26(5)6;1-16(2)12-17-6-3-7-18(13-17)19-8-4-9-20(14-19)22(25)24-15-21-10-5-11-23-21/h2*7-12,15-16,18-19,24H,13-14,17H2,1-6H3,(H,26,28);5-6,8-11,15-16,18,23H,4,7,12-14,17H2,1-3H3,(H,25,27);7-12,14-15,17-18,23H,13,16H2,1-6H3,(H,25,27);3-4,6-9,13-14,16,21,23H,5,10-12,15H2,1-2H3,(H,24,25)/t2*24-;;23-;/m10.1./s1. The first-order valence-corrected chi connectivity index (χ1v) is 50.3. The molecule has 135 heavy (non-hydrogen) atoms. The van der Waals surface area contributed by atoms with Gasteiger partial charge in [0.25, 0.3) is 29.5 Å². The lowest BCUT2D eigenvalue weighted by atomic mass is 9.97. The van der Waals surface area contributed by atoms with Gasteiger partial charge in [-0.1, -0.05) is 300 Å². The molecule has 12 rings (SSSR count). The highest BCUT2D eigenvalue weighted by atomic mass is 16.2. The van der Waals surface area contributed by atoms with Gasteiger partial charge in [0.05, 0.1) is 0 Å². The van der Waals surface area contributed by atoms with Gasteiger partial charge in [-0.2, -0.15) is 0 Å². The second kappa shape index (κ2) is 56.8. The molecule has 2 saturated heterocycles. The Hall–Kier alpha value is -10.7. The van der Waals surface area contributed by atoms with Crippen LogP contribution in [0.4, 0.5) is 0 Å². The summed E-state index contributed by atoms with van der Waals surface area (Å²) in [5, 5.41) is 19.3. The third-order valence-electron chi connectivity index (χ3n) is 24.3. The number of carbonyl (C=O) groups is 5. The second-order valence-electron chi connectivity index (χ2n) is 41.7. The summed E-state index contributed by atoms with van der Waals surface area (Å²) in [5.74, 6) is 4.66. The van der Waals surface area contributed by atoms with Crippen molar-refractivity contribution in [3.63, 3.8) is 0 Å². The van der Waals surface area contributed by atoms with E-state index in [-0.39, 0.29) is 47.7 Å². The molecule has 5 amide bonds. The number of hydrogen-bond donors (Lipinski definition) is 6. The Labute approximate surface area is 814 Å². The van der Waals surface area contributed by atoms with Crippen LogP contribution >= 0.6 is 0 Å². The Morgan fingerprint density at radius 2 is 0.600 bits per heavy atom. The van der Waals surface area contributed by atoms with E-state index < -0.39 is 0 Å². The van der Waals surface area contributed by atoms with Gasteiger partial charge in [-0.15, -0.1) is 0 Å². The first kappa shape index (κ1) is 110. The van der Waals surface area contributed by atoms with Gasteiger partial charge in [-0.05, 0) is 324 Å². The lowest BCUT2D eigenvalue weighted by Gasteiger charge is -2.25. The van der Waals surface area contributed by atoms with Gasteiger partial charge in [0, 0.05) is 90.8 Å². The number of amides is 5. The van der Waals surface area contributed by atoms with Crippen molar-refractivity contribution in [3.05, 3.63) is 298 Å². The van der Waals surface area contributed by atoms with Gasteiger partial charge in [0.2, 0.25) is 0 Å². The quantitative estimate of drug-likeness (QED) is 0.0218. The minimum Gasteiger partial charge on any atom is -0.350 e. The van der Waals surface area contributed by atoms with Crippen LogP contribution in [-0.2, 0) is 32.1 Å². The van der Waals surface area contributed by atoms with Crippen molar-refractivity contribution in [2.75, 3.05) is 94.6 Å². The Bertz CT molecular complexity index is 5120. The zero-order valence-electron chi connectivity index (χ0n) is 86.4. The van der Waals surface area contributed by atoms with E-state index in [1.54, 1.807) is 0 Å². The second-order valence-corrected chi connectivity index (χ2v) is 41.7. The van der Waals surface area contributed by atoms with Crippen LogP contribution < -0.4 is 31.9 Å². The molecule has 15 heteroatoms. The molecule has 2 fully saturated rings. The van der Waals surface area contributed by atoms with Gasteiger partial charge in [-0.3, -0.25) is 28.9 Å². The van der Waals surface area contributed by atoms with Crippen molar-refractivity contribution >= 4 is 29.5 Å². The Kier molecular flexibility index (Phi) is 46.1. The van der Waals surface area contributed by atoms with Gasteiger partial charge in [-0.25, -0.2) is 0 Å². The molecule has 0 aromatic heterocycles. The smallest absolute Gasteiger partial charge is 0.251 e. The minimum absolute atomic E-state index is 0.00395. The maximum atomic E-state index is 12.9. The topological polar surface area (TPSA) is 170 Å². The molecule has 2 unspecified atom stereocenters. The van der Waals surface area contributed by atoms with E-state index in [0.717, 1.165) is 153 Å². The van der Waals surface area contributed by atoms with E-state index in [9.17, 15) is 24.0 Å². The predicted molar refractivity (Wildman–Crippen MR) is 571 cm³/mol. The maximum absolute atomic E-state index is 12.9. The molecule has 15 nitrogen and oxygen atoms in total. The third-order valence-corrected chi connectivity index (χ3v) is 24.3. The van der Waals surface area contributed by atoms with E-state index >= 15 is 0 Å². The summed E-state index contributed by atoms with van der Waals surface area (Å²) >= 11 is 0. The van der Waals surface area contributed by atoms with E-state index in [0.29, 0.717) is 71.5 Å². The highest BCUT2D eigenvalue weighted by molar-refractivity contribution is 5.98. The van der Waals surface area contributed by atoms with E-state index in [4.69, 9.17) is 0 Å². The Morgan fingerprint density at radius 3 is 0.859 bits per heavy atom. The fourth-order valence-electron chi connectivity index (χ4n) is 18.0. The van der Waals surface area contributed by atoms with Crippen LogP contribution in [0.25, 0.3) is 55.6 Å². The number of hydrogen-bond acceptors (Lipinski definition) is 10. The van der Waals surface area contributed by atoms with Crippen LogP contribution in [0.1, 0.15) is 236 Å². The predicted octanol–water partition coefficient (Wildman–Crippen LogP) is 24.2. The number of nitrogens with zero attached hydrogens (tertiary/aromatic N) is 4. The zero-order chi connectivity index (χ0) is 98.2. The van der Waals surface area contributed by atoms with Crippen LogP contribution in [0.3, 0.4) is 0 Å². The van der Waals surface area contributed by atoms with E-state index in [2.05, 4.69) is 321 Å². The zero-order valence-corrected chi connectivity index (χ0v) is 86.4. The highest BCUT2D eigenvalue weighted by Crippen LogP contribution is 2.31. The van der Waals surface area contributed by atoms with Crippen molar-refractivity contribution in [1.82, 2.24) is 51.5 Å². The maximum Gasteiger partial charge on any atom is 0.251 e. The largest absolute Gasteiger partial charge is 0.350 e. The summed E-state index contributed by atoms with van der Waals surface area (Å²) in [6, 6.07) is 84.3. The molecule has 5 atom stereocenters. The van der Waals surface area contributed by atoms with E-state index in [1.807, 2.05) is 133 Å². The van der Waals surface area contributed by atoms with Crippen LogP contribution in [0.15, 0.2) is 243 Å². The summed E-state index contributed by atoms with van der Waals surface area (Å²) in [5.41, 5.74) is 21.6. The number of likely N-dealkylation sites (N-methyl/N-ethyl adjacent to an activating group) is 4. The molecule has 10 aromatic carbocycles. The summed E-state index contributed by atoms with van der Waals surface area (Å²) < 4.78 is 0. The summed E-state index contributed by atoms with van der Waals surface area (Å²) in [6.45, 7) is 44.8. The lowest BCUT2D eigenvalue weighted by molar-refractivity contribution is 0.0910. The normalized spacial score (nSPS) is 14.4. The number of benzene rings is 10. The molecule has 2 aliphatic heterocycles. The number of likely N-dealkylation sites (tertiary alicyclic amines) is 1. The fraction of sp³-hybridized carbons (Fsp3) is 0.458. The molecule has 2 heterocycles. The first-order valence-electron chi connectivity index (χ1n) is 50.3. The van der Waals surface area contributed by atoms with E-state index in [1.165, 1.54) is 69.3 Å². The van der Waals surface area contributed by atoms with Crippen molar-refractivity contribution in [3.8, 4) is 55.6 Å². The molecule has 0 saturated carbocycles. The molecule has 2 aliphatic rings. The number of nitrogens with one attached hydrogen (secondary N) is 6. The molecule has 726 valence electrons. The fourth-order valence-corrected chi connectivity index (χ4v) is 18.0. The molecule has 10 aromatic rings. The van der Waals surface area contributed by atoms with Crippen molar-refractivity contribution < 1.29 is 24.0 Å². The molecule has 0 bridgehead atoms. The average molecular weight is 1830 g/mol. The average Bonchev–Trinajstić information content (AvgIpc) is 1.57. The Balaban J connectivity index is 0.000000208.